The molecule has 0 saturated carbocycles. The molecule has 2 nitrogen and oxygen atoms in total. The van der Waals surface area contributed by atoms with Gasteiger partial charge in [0.2, 0.25) is 0 Å². The number of likely N-dealkylation sites (N-methyl/N-ethyl adjacent to an activating group) is 1. The lowest BCUT2D eigenvalue weighted by molar-refractivity contribution is 0.407. The normalized spacial score (nSPS) is 9.93. The number of ether oxygens (including phenoxy) is 1. The molecule has 0 amide bonds. The number of hydrogen-bond donors (Lipinski definition) is 0. The summed E-state index contributed by atoms with van der Waals surface area (Å²) in [6.07, 6.45) is 1.07. The number of hydrogen-bond acceptors (Lipinski definition) is 2. The third kappa shape index (κ3) is 5.04. The van der Waals surface area contributed by atoms with Gasteiger partial charge in [-0.1, -0.05) is 0 Å². The molecule has 0 saturated heterocycles. The summed E-state index contributed by atoms with van der Waals surface area (Å²) in [6, 6.07) is 6.22. The zero-order valence-electron chi connectivity index (χ0n) is 9.29. The van der Waals surface area contributed by atoms with Crippen LogP contribution in [0.5, 0.6) is 5.75 Å². The first-order valence-electron chi connectivity index (χ1n) is 4.60. The summed E-state index contributed by atoms with van der Waals surface area (Å²) in [6.45, 7) is 1.07. The number of benzene rings is 1. The molecule has 0 aromatic heterocycles. The molecule has 0 fully saturated rings. The third-order valence-electron chi connectivity index (χ3n) is 2.08. The zero-order chi connectivity index (χ0) is 10.6. The van der Waals surface area contributed by atoms with Gasteiger partial charge >= 0.3 is 0 Å². The van der Waals surface area contributed by atoms with E-state index in [1.54, 1.807) is 7.11 Å². The van der Waals surface area contributed by atoms with Crippen molar-refractivity contribution in [2.75, 3.05) is 27.7 Å². The van der Waals surface area contributed by atoms with E-state index in [1.807, 2.05) is 6.07 Å². The van der Waals surface area contributed by atoms with E-state index >= 15 is 0 Å². The molecule has 1 aromatic rings. The van der Waals surface area contributed by atoms with E-state index in [0.29, 0.717) is 0 Å². The molecule has 0 unspecified atom stereocenters. The van der Waals surface area contributed by atoms with Gasteiger partial charge in [0.25, 0.3) is 0 Å². The molecule has 0 N–H and O–H groups in total. The first-order valence-corrected chi connectivity index (χ1v) is 5.68. The van der Waals surface area contributed by atoms with Gasteiger partial charge in [-0.3, -0.25) is 0 Å². The fraction of sp³-hybridized carbons (Fsp3) is 0.455. The van der Waals surface area contributed by atoms with Gasteiger partial charge in [0.15, 0.2) is 0 Å². The van der Waals surface area contributed by atoms with E-state index in [2.05, 4.69) is 53.7 Å². The SMILES string of the molecule is COc1ccc(I)c(CCN(C)C)c1.Cl. The first-order chi connectivity index (χ1) is 6.63. The van der Waals surface area contributed by atoms with E-state index in [-0.39, 0.29) is 12.4 Å². The van der Waals surface area contributed by atoms with Gasteiger partial charge in [0, 0.05) is 10.1 Å². The molecule has 0 aliphatic rings. The molecule has 0 heterocycles. The van der Waals surface area contributed by atoms with Gasteiger partial charge in [-0.2, -0.15) is 0 Å². The van der Waals surface area contributed by atoms with Crippen LogP contribution < -0.4 is 4.74 Å². The van der Waals surface area contributed by atoms with Crippen LogP contribution in [-0.2, 0) is 6.42 Å². The van der Waals surface area contributed by atoms with Gasteiger partial charge in [0.1, 0.15) is 5.75 Å². The molecule has 1 aromatic carbocycles. The lowest BCUT2D eigenvalue weighted by atomic mass is 10.1. The average molecular weight is 342 g/mol. The topological polar surface area (TPSA) is 12.5 Å². The Morgan fingerprint density at radius 1 is 1.33 bits per heavy atom. The minimum Gasteiger partial charge on any atom is -0.497 e. The smallest absolute Gasteiger partial charge is 0.119 e. The van der Waals surface area contributed by atoms with Crippen molar-refractivity contribution in [3.8, 4) is 5.75 Å². The molecular formula is C11H17ClINO. The largest absolute Gasteiger partial charge is 0.497 e. The lowest BCUT2D eigenvalue weighted by Crippen LogP contribution is -2.15. The van der Waals surface area contributed by atoms with E-state index in [9.17, 15) is 0 Å². The Balaban J connectivity index is 0.00000196. The highest BCUT2D eigenvalue weighted by Crippen LogP contribution is 2.19. The maximum Gasteiger partial charge on any atom is 0.119 e. The summed E-state index contributed by atoms with van der Waals surface area (Å²) in [5.74, 6) is 0.944. The molecule has 0 spiro atoms. The minimum atomic E-state index is 0. The Morgan fingerprint density at radius 2 is 2.00 bits per heavy atom. The maximum atomic E-state index is 5.20. The van der Waals surface area contributed by atoms with Crippen LogP contribution in [0.25, 0.3) is 0 Å². The number of halogens is 2. The molecule has 0 atom stereocenters. The van der Waals surface area contributed by atoms with E-state index in [1.165, 1.54) is 9.13 Å². The standard InChI is InChI=1S/C11H16INO.ClH/c1-13(2)7-6-9-8-10(14-3)4-5-11(9)12;/h4-5,8H,6-7H2,1-3H3;1H. The Labute approximate surface area is 112 Å². The minimum absolute atomic E-state index is 0. The zero-order valence-corrected chi connectivity index (χ0v) is 12.3. The predicted octanol–water partition coefficient (Wildman–Crippen LogP) is 2.83. The second-order valence-electron chi connectivity index (χ2n) is 3.51. The van der Waals surface area contributed by atoms with Crippen molar-refractivity contribution in [1.29, 1.82) is 0 Å². The molecule has 1 rings (SSSR count). The molecule has 0 aliphatic heterocycles. The second kappa shape index (κ2) is 7.30. The van der Waals surface area contributed by atoms with Gasteiger partial charge in [-0.05, 0) is 66.9 Å². The average Bonchev–Trinajstić information content (AvgIpc) is 2.16. The Bertz CT molecular complexity index is 305. The third-order valence-corrected chi connectivity index (χ3v) is 3.13. The highest BCUT2D eigenvalue weighted by Gasteiger charge is 2.02. The van der Waals surface area contributed by atoms with Crippen molar-refractivity contribution in [2.24, 2.45) is 0 Å². The number of rotatable bonds is 4. The van der Waals surface area contributed by atoms with Crippen LogP contribution in [0, 0.1) is 3.57 Å². The molecule has 0 bridgehead atoms. The van der Waals surface area contributed by atoms with Gasteiger partial charge in [-0.15, -0.1) is 12.4 Å². The summed E-state index contributed by atoms with van der Waals surface area (Å²) < 4.78 is 6.51. The van der Waals surface area contributed by atoms with Gasteiger partial charge in [-0.25, -0.2) is 0 Å². The van der Waals surface area contributed by atoms with Gasteiger partial charge < -0.3 is 9.64 Å². The highest BCUT2D eigenvalue weighted by atomic mass is 127. The fourth-order valence-corrected chi connectivity index (χ4v) is 1.82. The molecule has 15 heavy (non-hydrogen) atoms. The van der Waals surface area contributed by atoms with Gasteiger partial charge in [0.05, 0.1) is 7.11 Å². The monoisotopic (exact) mass is 341 g/mol. The van der Waals surface area contributed by atoms with Crippen LogP contribution in [0.4, 0.5) is 0 Å². The Morgan fingerprint density at radius 3 is 2.53 bits per heavy atom. The fourth-order valence-electron chi connectivity index (χ4n) is 1.21. The quantitative estimate of drug-likeness (QED) is 0.781. The second-order valence-corrected chi connectivity index (χ2v) is 4.67. The number of nitrogens with zero attached hydrogens (tertiary/aromatic N) is 1. The molecule has 0 aliphatic carbocycles. The lowest BCUT2D eigenvalue weighted by Gasteiger charge is -2.11. The summed E-state index contributed by atoms with van der Waals surface area (Å²) in [5, 5.41) is 0. The van der Waals surface area contributed by atoms with E-state index < -0.39 is 0 Å². The summed E-state index contributed by atoms with van der Waals surface area (Å²) >= 11 is 2.37. The highest BCUT2D eigenvalue weighted by molar-refractivity contribution is 14.1. The van der Waals surface area contributed by atoms with Crippen molar-refractivity contribution in [3.05, 3.63) is 27.3 Å². The Hall–Kier alpha value is -0.000000000000000167. The summed E-state index contributed by atoms with van der Waals surface area (Å²) in [4.78, 5) is 2.19. The van der Waals surface area contributed by atoms with Crippen LogP contribution >= 0.6 is 35.0 Å². The van der Waals surface area contributed by atoms with Crippen molar-refractivity contribution in [2.45, 2.75) is 6.42 Å². The van der Waals surface area contributed by atoms with Crippen molar-refractivity contribution in [1.82, 2.24) is 4.90 Å². The van der Waals surface area contributed by atoms with Crippen LogP contribution in [-0.4, -0.2) is 32.6 Å². The molecule has 86 valence electrons. The predicted molar refractivity (Wildman–Crippen MR) is 75.2 cm³/mol. The van der Waals surface area contributed by atoms with Crippen molar-refractivity contribution < 1.29 is 4.74 Å². The van der Waals surface area contributed by atoms with E-state index in [0.717, 1.165) is 18.7 Å². The van der Waals surface area contributed by atoms with Crippen molar-refractivity contribution in [3.63, 3.8) is 0 Å². The maximum absolute atomic E-state index is 5.20. The molecule has 0 radical (unpaired) electrons. The van der Waals surface area contributed by atoms with Crippen LogP contribution in [0.2, 0.25) is 0 Å². The number of methoxy groups -OCH3 is 1. The molecular weight excluding hydrogens is 324 g/mol. The van der Waals surface area contributed by atoms with Crippen molar-refractivity contribution >= 4 is 35.0 Å². The first kappa shape index (κ1) is 15.0. The summed E-state index contributed by atoms with van der Waals surface area (Å²) in [5.41, 5.74) is 1.36. The van der Waals surface area contributed by atoms with Crippen LogP contribution in [0.3, 0.4) is 0 Å². The van der Waals surface area contributed by atoms with Crippen LogP contribution in [0.1, 0.15) is 5.56 Å². The van der Waals surface area contributed by atoms with Crippen LogP contribution in [0.15, 0.2) is 18.2 Å². The molecule has 4 heteroatoms. The Kier molecular flexibility index (Phi) is 7.30. The summed E-state index contributed by atoms with van der Waals surface area (Å²) in [7, 11) is 5.89. The van der Waals surface area contributed by atoms with E-state index in [4.69, 9.17) is 4.74 Å².